The third kappa shape index (κ3) is 6.13. The maximum absolute atomic E-state index is 12.7. The second-order valence-electron chi connectivity index (χ2n) is 5.90. The maximum Gasteiger partial charge on any atom is 0.433 e. The fourth-order valence-electron chi connectivity index (χ4n) is 1.75. The Hall–Kier alpha value is -1.61. The van der Waals surface area contributed by atoms with Crippen LogP contribution < -0.4 is 16.6 Å². The van der Waals surface area contributed by atoms with Gasteiger partial charge in [0.25, 0.3) is 0 Å². The number of aromatic nitrogens is 2. The number of nitrogens with two attached hydrogens (primary N) is 1. The molecule has 1 unspecified atom stereocenters. The molecule has 1 heterocycles. The standard InChI is InChI=1S/C12H20F3N5O/c1-11(2,3)5-7(21)6-17-9-4-8(12(13,14)15)18-10(19-9)20-16/h4,7,21H,5-6,16H2,1-3H3,(H2,17,18,19,20). The normalized spacial score (nSPS) is 13.9. The van der Waals surface area contributed by atoms with Gasteiger partial charge >= 0.3 is 6.18 Å². The number of alkyl halides is 3. The lowest BCUT2D eigenvalue weighted by Gasteiger charge is -2.22. The molecule has 0 aliphatic carbocycles. The van der Waals surface area contributed by atoms with Crippen molar-refractivity contribution < 1.29 is 18.3 Å². The van der Waals surface area contributed by atoms with Crippen LogP contribution in [0.5, 0.6) is 0 Å². The van der Waals surface area contributed by atoms with E-state index in [0.717, 1.165) is 6.07 Å². The zero-order chi connectivity index (χ0) is 16.3. The van der Waals surface area contributed by atoms with E-state index in [2.05, 4.69) is 15.3 Å². The number of aliphatic hydroxyl groups is 1. The predicted octanol–water partition coefficient (Wildman–Crippen LogP) is 1.99. The number of rotatable bonds is 5. The molecule has 1 aromatic rings. The molecule has 120 valence electrons. The second kappa shape index (κ2) is 6.44. The Balaban J connectivity index is 2.79. The first kappa shape index (κ1) is 17.4. The number of aliphatic hydroxyl groups excluding tert-OH is 1. The highest BCUT2D eigenvalue weighted by atomic mass is 19.4. The molecule has 1 rings (SSSR count). The van der Waals surface area contributed by atoms with Crippen LogP contribution in [0, 0.1) is 5.41 Å². The van der Waals surface area contributed by atoms with Crippen LogP contribution in [0.4, 0.5) is 24.9 Å². The summed E-state index contributed by atoms with van der Waals surface area (Å²) in [7, 11) is 0. The molecule has 6 nitrogen and oxygen atoms in total. The first-order valence-corrected chi connectivity index (χ1v) is 6.36. The number of hydrogen-bond donors (Lipinski definition) is 4. The van der Waals surface area contributed by atoms with E-state index in [9.17, 15) is 18.3 Å². The zero-order valence-electron chi connectivity index (χ0n) is 12.1. The molecule has 0 fully saturated rings. The summed E-state index contributed by atoms with van der Waals surface area (Å²) in [6.07, 6.45) is -4.81. The molecule has 0 saturated heterocycles. The molecule has 0 amide bonds. The highest BCUT2D eigenvalue weighted by Crippen LogP contribution is 2.29. The second-order valence-corrected chi connectivity index (χ2v) is 5.90. The number of anilines is 2. The van der Waals surface area contributed by atoms with Crippen molar-refractivity contribution >= 4 is 11.8 Å². The lowest BCUT2D eigenvalue weighted by Crippen LogP contribution is -2.26. The molecule has 0 radical (unpaired) electrons. The first-order chi connectivity index (χ1) is 9.51. The lowest BCUT2D eigenvalue weighted by molar-refractivity contribution is -0.141. The van der Waals surface area contributed by atoms with Crippen LogP contribution in [0.1, 0.15) is 32.9 Å². The maximum atomic E-state index is 12.7. The number of halogens is 3. The average Bonchev–Trinajstić information content (AvgIpc) is 2.33. The van der Waals surface area contributed by atoms with Crippen LogP contribution in [0.25, 0.3) is 0 Å². The lowest BCUT2D eigenvalue weighted by atomic mass is 9.89. The van der Waals surface area contributed by atoms with Gasteiger partial charge in [-0.05, 0) is 11.8 Å². The number of hydrazine groups is 1. The minimum absolute atomic E-state index is 0.0572. The number of nitrogen functional groups attached to an aromatic ring is 1. The van der Waals surface area contributed by atoms with Crippen molar-refractivity contribution in [2.75, 3.05) is 17.3 Å². The van der Waals surface area contributed by atoms with E-state index in [0.29, 0.717) is 6.42 Å². The van der Waals surface area contributed by atoms with Gasteiger partial charge < -0.3 is 10.4 Å². The summed E-state index contributed by atoms with van der Waals surface area (Å²) < 4.78 is 38.0. The average molecular weight is 307 g/mol. The van der Waals surface area contributed by atoms with Crippen LogP contribution in [-0.2, 0) is 6.18 Å². The largest absolute Gasteiger partial charge is 0.433 e. The molecule has 0 aromatic carbocycles. The summed E-state index contributed by atoms with van der Waals surface area (Å²) in [4.78, 5) is 7.00. The Morgan fingerprint density at radius 3 is 2.38 bits per heavy atom. The fraction of sp³-hybridized carbons (Fsp3) is 0.667. The molecule has 0 saturated carbocycles. The topological polar surface area (TPSA) is 96.1 Å². The van der Waals surface area contributed by atoms with E-state index >= 15 is 0 Å². The molecule has 5 N–H and O–H groups in total. The minimum Gasteiger partial charge on any atom is -0.391 e. The monoisotopic (exact) mass is 307 g/mol. The van der Waals surface area contributed by atoms with Crippen LogP contribution in [0.15, 0.2) is 6.07 Å². The smallest absolute Gasteiger partial charge is 0.391 e. The first-order valence-electron chi connectivity index (χ1n) is 6.36. The quantitative estimate of drug-likeness (QED) is 0.491. The highest BCUT2D eigenvalue weighted by Gasteiger charge is 2.33. The van der Waals surface area contributed by atoms with Gasteiger partial charge in [-0.15, -0.1) is 0 Å². The summed E-state index contributed by atoms with van der Waals surface area (Å²) in [6.45, 7) is 5.95. The number of hydrogen-bond acceptors (Lipinski definition) is 6. The fourth-order valence-corrected chi connectivity index (χ4v) is 1.75. The Kier molecular flexibility index (Phi) is 5.35. The molecular weight excluding hydrogens is 287 g/mol. The van der Waals surface area contributed by atoms with Gasteiger partial charge in [0.05, 0.1) is 6.10 Å². The molecule has 1 aromatic heterocycles. The van der Waals surface area contributed by atoms with E-state index in [-0.39, 0.29) is 23.7 Å². The van der Waals surface area contributed by atoms with E-state index < -0.39 is 18.0 Å². The van der Waals surface area contributed by atoms with E-state index in [1.165, 1.54) is 0 Å². The third-order valence-corrected chi connectivity index (χ3v) is 2.51. The summed E-state index contributed by atoms with van der Waals surface area (Å²) in [5, 5.41) is 12.5. The van der Waals surface area contributed by atoms with E-state index in [1.807, 2.05) is 26.2 Å². The summed E-state index contributed by atoms with van der Waals surface area (Å²) in [5.74, 6) is 4.64. The van der Waals surface area contributed by atoms with Crippen molar-refractivity contribution in [3.8, 4) is 0 Å². The third-order valence-electron chi connectivity index (χ3n) is 2.51. The molecule has 21 heavy (non-hydrogen) atoms. The summed E-state index contributed by atoms with van der Waals surface area (Å²) in [5.41, 5.74) is 0.779. The van der Waals surface area contributed by atoms with Crippen molar-refractivity contribution in [1.29, 1.82) is 0 Å². The van der Waals surface area contributed by atoms with Gasteiger partial charge in [-0.3, -0.25) is 5.43 Å². The van der Waals surface area contributed by atoms with Crippen LogP contribution in [-0.4, -0.2) is 27.7 Å². The van der Waals surface area contributed by atoms with Crippen molar-refractivity contribution in [2.24, 2.45) is 11.3 Å². The SMILES string of the molecule is CC(C)(C)CC(O)CNc1cc(C(F)(F)F)nc(NN)n1. The Morgan fingerprint density at radius 1 is 1.29 bits per heavy atom. The number of nitrogens with one attached hydrogen (secondary N) is 2. The van der Waals surface area contributed by atoms with Crippen LogP contribution in [0.2, 0.25) is 0 Å². The van der Waals surface area contributed by atoms with Gasteiger partial charge in [0, 0.05) is 12.6 Å². The molecule has 0 spiro atoms. The number of nitrogens with zero attached hydrogens (tertiary/aromatic N) is 2. The summed E-state index contributed by atoms with van der Waals surface area (Å²) >= 11 is 0. The minimum atomic E-state index is -4.60. The molecule has 9 heteroatoms. The van der Waals surface area contributed by atoms with Crippen molar-refractivity contribution in [2.45, 2.75) is 39.5 Å². The van der Waals surface area contributed by atoms with Gasteiger partial charge in [-0.1, -0.05) is 20.8 Å². The van der Waals surface area contributed by atoms with Gasteiger partial charge in [0.15, 0.2) is 5.69 Å². The molecule has 0 aliphatic heterocycles. The van der Waals surface area contributed by atoms with Gasteiger partial charge in [0.2, 0.25) is 5.95 Å². The molecular formula is C12H20F3N5O. The van der Waals surface area contributed by atoms with Gasteiger partial charge in [-0.25, -0.2) is 10.8 Å². The van der Waals surface area contributed by atoms with E-state index in [1.54, 1.807) is 0 Å². The van der Waals surface area contributed by atoms with Crippen molar-refractivity contribution in [1.82, 2.24) is 9.97 Å². The Morgan fingerprint density at radius 2 is 1.90 bits per heavy atom. The Bertz CT molecular complexity index is 473. The van der Waals surface area contributed by atoms with Crippen molar-refractivity contribution in [3.05, 3.63) is 11.8 Å². The van der Waals surface area contributed by atoms with Crippen molar-refractivity contribution in [3.63, 3.8) is 0 Å². The van der Waals surface area contributed by atoms with Crippen LogP contribution in [0.3, 0.4) is 0 Å². The van der Waals surface area contributed by atoms with E-state index in [4.69, 9.17) is 5.84 Å². The molecule has 0 bridgehead atoms. The highest BCUT2D eigenvalue weighted by molar-refractivity contribution is 5.42. The molecule has 1 atom stereocenters. The molecule has 0 aliphatic rings. The van der Waals surface area contributed by atoms with Crippen LogP contribution >= 0.6 is 0 Å². The summed E-state index contributed by atoms with van der Waals surface area (Å²) in [6, 6.07) is 0.769. The van der Waals surface area contributed by atoms with Gasteiger partial charge in [-0.2, -0.15) is 18.2 Å². The Labute approximate surface area is 120 Å². The van der Waals surface area contributed by atoms with Gasteiger partial charge in [0.1, 0.15) is 5.82 Å². The zero-order valence-corrected chi connectivity index (χ0v) is 12.1. The predicted molar refractivity (Wildman–Crippen MR) is 73.4 cm³/mol.